The highest BCUT2D eigenvalue weighted by molar-refractivity contribution is 5.79. The van der Waals surface area contributed by atoms with Gasteiger partial charge in [0.15, 0.2) is 6.29 Å². The maximum Gasteiger partial charge on any atom is 0.244 e. The second-order valence-corrected chi connectivity index (χ2v) is 4.35. The van der Waals surface area contributed by atoms with Crippen LogP contribution in [-0.2, 0) is 16.1 Å². The molecule has 0 bridgehead atoms. The van der Waals surface area contributed by atoms with Crippen LogP contribution < -0.4 is 0 Å². The van der Waals surface area contributed by atoms with Crippen molar-refractivity contribution in [2.75, 3.05) is 26.3 Å². The van der Waals surface area contributed by atoms with Crippen LogP contribution in [0.25, 0.3) is 0 Å². The van der Waals surface area contributed by atoms with E-state index in [0.717, 1.165) is 12.0 Å². The summed E-state index contributed by atoms with van der Waals surface area (Å²) in [5.74, 6) is 0.0151. The molecule has 6 nitrogen and oxygen atoms in total. The standard InChI is InChI=1S/C12H17N3O3/c1-9-11(8-16)10(2)15(13-9)7-12(17)14-3-5-18-6-4-14/h8H,3-7H2,1-2H3. The Kier molecular flexibility index (Phi) is 3.76. The Bertz CT molecular complexity index is 461. The van der Waals surface area contributed by atoms with E-state index in [-0.39, 0.29) is 12.5 Å². The average Bonchev–Trinajstić information content (AvgIpc) is 2.65. The summed E-state index contributed by atoms with van der Waals surface area (Å²) in [7, 11) is 0. The van der Waals surface area contributed by atoms with E-state index < -0.39 is 0 Å². The summed E-state index contributed by atoms with van der Waals surface area (Å²) in [6.07, 6.45) is 0.785. The molecule has 0 aromatic carbocycles. The summed E-state index contributed by atoms with van der Waals surface area (Å²) >= 11 is 0. The third-order valence-corrected chi connectivity index (χ3v) is 3.20. The minimum atomic E-state index is 0.0151. The normalized spacial score (nSPS) is 15.8. The van der Waals surface area contributed by atoms with Crippen molar-refractivity contribution in [1.29, 1.82) is 0 Å². The number of carbonyl (C=O) groups excluding carboxylic acids is 2. The van der Waals surface area contributed by atoms with Gasteiger partial charge in [0.25, 0.3) is 0 Å². The number of hydrogen-bond acceptors (Lipinski definition) is 4. The van der Waals surface area contributed by atoms with Crippen LogP contribution in [0.2, 0.25) is 0 Å². The molecule has 2 rings (SSSR count). The molecule has 1 fully saturated rings. The number of carbonyl (C=O) groups is 2. The summed E-state index contributed by atoms with van der Waals surface area (Å²) in [6, 6.07) is 0. The fourth-order valence-corrected chi connectivity index (χ4v) is 2.08. The highest BCUT2D eigenvalue weighted by Crippen LogP contribution is 2.10. The Labute approximate surface area is 106 Å². The molecule has 0 aliphatic carbocycles. The van der Waals surface area contributed by atoms with Crippen LogP contribution in [0.5, 0.6) is 0 Å². The van der Waals surface area contributed by atoms with Gasteiger partial charge in [-0.25, -0.2) is 0 Å². The number of morpholine rings is 1. The molecular weight excluding hydrogens is 234 g/mol. The Morgan fingerprint density at radius 1 is 1.39 bits per heavy atom. The molecule has 0 spiro atoms. The van der Waals surface area contributed by atoms with Gasteiger partial charge in [-0.05, 0) is 13.8 Å². The first-order chi connectivity index (χ1) is 8.63. The molecule has 0 atom stereocenters. The fourth-order valence-electron chi connectivity index (χ4n) is 2.08. The van der Waals surface area contributed by atoms with Crippen molar-refractivity contribution in [2.45, 2.75) is 20.4 Å². The fraction of sp³-hybridized carbons (Fsp3) is 0.583. The van der Waals surface area contributed by atoms with Gasteiger partial charge in [0.1, 0.15) is 6.54 Å². The van der Waals surface area contributed by atoms with Crippen molar-refractivity contribution in [1.82, 2.24) is 14.7 Å². The predicted octanol–water partition coefficient (Wildman–Crippen LogP) is 0.171. The van der Waals surface area contributed by atoms with Crippen LogP contribution in [0, 0.1) is 13.8 Å². The van der Waals surface area contributed by atoms with Crippen LogP contribution >= 0.6 is 0 Å². The van der Waals surface area contributed by atoms with Gasteiger partial charge >= 0.3 is 0 Å². The smallest absolute Gasteiger partial charge is 0.244 e. The van der Waals surface area contributed by atoms with E-state index in [1.54, 1.807) is 23.4 Å². The SMILES string of the molecule is Cc1nn(CC(=O)N2CCOCC2)c(C)c1C=O. The molecule has 1 aromatic rings. The summed E-state index contributed by atoms with van der Waals surface area (Å²) in [5.41, 5.74) is 1.98. The molecular formula is C12H17N3O3. The zero-order chi connectivity index (χ0) is 13.1. The number of hydrogen-bond donors (Lipinski definition) is 0. The van der Waals surface area contributed by atoms with Crippen LogP contribution in [0.4, 0.5) is 0 Å². The number of nitrogens with zero attached hydrogens (tertiary/aromatic N) is 3. The van der Waals surface area contributed by atoms with Crippen molar-refractivity contribution in [3.63, 3.8) is 0 Å². The third kappa shape index (κ3) is 2.43. The molecule has 1 saturated heterocycles. The maximum absolute atomic E-state index is 12.0. The largest absolute Gasteiger partial charge is 0.378 e. The first-order valence-corrected chi connectivity index (χ1v) is 5.98. The Morgan fingerprint density at radius 3 is 2.61 bits per heavy atom. The number of amides is 1. The lowest BCUT2D eigenvalue weighted by Gasteiger charge is -2.26. The number of aryl methyl sites for hydroxylation is 1. The van der Waals surface area contributed by atoms with Crippen LogP contribution in [0.3, 0.4) is 0 Å². The minimum Gasteiger partial charge on any atom is -0.378 e. The highest BCUT2D eigenvalue weighted by atomic mass is 16.5. The van der Waals surface area contributed by atoms with E-state index >= 15 is 0 Å². The lowest BCUT2D eigenvalue weighted by atomic mass is 10.2. The monoisotopic (exact) mass is 251 g/mol. The van der Waals surface area contributed by atoms with Crippen molar-refractivity contribution in [3.8, 4) is 0 Å². The summed E-state index contributed by atoms with van der Waals surface area (Å²) in [5, 5.41) is 4.22. The Balaban J connectivity index is 2.09. The number of ether oxygens (including phenoxy) is 1. The second kappa shape index (κ2) is 5.30. The average molecular weight is 251 g/mol. The van der Waals surface area contributed by atoms with Gasteiger partial charge in [-0.3, -0.25) is 14.3 Å². The first kappa shape index (κ1) is 12.8. The quantitative estimate of drug-likeness (QED) is 0.718. The van der Waals surface area contributed by atoms with E-state index in [0.29, 0.717) is 37.6 Å². The Morgan fingerprint density at radius 2 is 2.06 bits per heavy atom. The van der Waals surface area contributed by atoms with Crippen molar-refractivity contribution in [2.24, 2.45) is 0 Å². The lowest BCUT2D eigenvalue weighted by Crippen LogP contribution is -2.42. The van der Waals surface area contributed by atoms with E-state index in [9.17, 15) is 9.59 Å². The summed E-state index contributed by atoms with van der Waals surface area (Å²) in [4.78, 5) is 24.7. The summed E-state index contributed by atoms with van der Waals surface area (Å²) < 4.78 is 6.80. The lowest BCUT2D eigenvalue weighted by molar-refractivity contribution is -0.136. The highest BCUT2D eigenvalue weighted by Gasteiger charge is 2.19. The number of rotatable bonds is 3. The topological polar surface area (TPSA) is 64.4 Å². The molecule has 98 valence electrons. The zero-order valence-electron chi connectivity index (χ0n) is 10.7. The zero-order valence-corrected chi connectivity index (χ0v) is 10.7. The van der Waals surface area contributed by atoms with Crippen LogP contribution in [0.15, 0.2) is 0 Å². The Hall–Kier alpha value is -1.69. The predicted molar refractivity (Wildman–Crippen MR) is 64.5 cm³/mol. The van der Waals surface area contributed by atoms with Crippen LogP contribution in [0.1, 0.15) is 21.7 Å². The third-order valence-electron chi connectivity index (χ3n) is 3.20. The van der Waals surface area contributed by atoms with Crippen molar-refractivity contribution >= 4 is 12.2 Å². The van der Waals surface area contributed by atoms with E-state index in [4.69, 9.17) is 4.74 Å². The van der Waals surface area contributed by atoms with Gasteiger partial charge in [-0.1, -0.05) is 0 Å². The summed E-state index contributed by atoms with van der Waals surface area (Å²) in [6.45, 7) is 6.17. The van der Waals surface area contributed by atoms with Gasteiger partial charge in [0, 0.05) is 18.8 Å². The van der Waals surface area contributed by atoms with Crippen molar-refractivity contribution < 1.29 is 14.3 Å². The van der Waals surface area contributed by atoms with Crippen LogP contribution in [-0.4, -0.2) is 53.2 Å². The molecule has 1 amide bonds. The molecule has 2 heterocycles. The second-order valence-electron chi connectivity index (χ2n) is 4.35. The molecule has 1 aromatic heterocycles. The molecule has 6 heteroatoms. The van der Waals surface area contributed by atoms with Gasteiger partial charge in [-0.2, -0.15) is 5.10 Å². The van der Waals surface area contributed by atoms with Gasteiger partial charge in [-0.15, -0.1) is 0 Å². The molecule has 0 N–H and O–H groups in total. The molecule has 1 aliphatic rings. The molecule has 18 heavy (non-hydrogen) atoms. The molecule has 0 radical (unpaired) electrons. The number of aldehydes is 1. The number of aromatic nitrogens is 2. The van der Waals surface area contributed by atoms with Gasteiger partial charge in [0.2, 0.25) is 5.91 Å². The minimum absolute atomic E-state index is 0.0151. The maximum atomic E-state index is 12.0. The van der Waals surface area contributed by atoms with Gasteiger partial charge in [0.05, 0.1) is 24.5 Å². The van der Waals surface area contributed by atoms with E-state index in [1.165, 1.54) is 0 Å². The van der Waals surface area contributed by atoms with E-state index in [2.05, 4.69) is 5.10 Å². The molecule has 0 unspecified atom stereocenters. The van der Waals surface area contributed by atoms with Gasteiger partial charge < -0.3 is 9.64 Å². The van der Waals surface area contributed by atoms with Crippen molar-refractivity contribution in [3.05, 3.63) is 17.0 Å². The first-order valence-electron chi connectivity index (χ1n) is 5.98. The van der Waals surface area contributed by atoms with E-state index in [1.807, 2.05) is 0 Å². The molecule has 0 saturated carbocycles. The molecule has 1 aliphatic heterocycles.